The maximum absolute atomic E-state index is 12.8. The predicted octanol–water partition coefficient (Wildman–Crippen LogP) is 4.68. The largest absolute Gasteiger partial charge is 0.332 e. The lowest BCUT2D eigenvalue weighted by molar-refractivity contribution is 0.0747. The van der Waals surface area contributed by atoms with E-state index in [9.17, 15) is 4.79 Å². The van der Waals surface area contributed by atoms with Crippen molar-refractivity contribution in [2.45, 2.75) is 32.2 Å². The maximum atomic E-state index is 12.8. The van der Waals surface area contributed by atoms with Gasteiger partial charge in [0.2, 0.25) is 0 Å². The molecule has 1 amide bonds. The van der Waals surface area contributed by atoms with Crippen LogP contribution >= 0.6 is 22.7 Å². The van der Waals surface area contributed by atoms with Gasteiger partial charge in [-0.3, -0.25) is 4.79 Å². The molecule has 0 radical (unpaired) electrons. The van der Waals surface area contributed by atoms with Crippen molar-refractivity contribution in [3.63, 3.8) is 0 Å². The number of thiazole rings is 1. The first-order valence-electron chi connectivity index (χ1n) is 7.87. The van der Waals surface area contributed by atoms with Crippen molar-refractivity contribution in [1.29, 1.82) is 0 Å². The molecule has 2 aromatic heterocycles. The van der Waals surface area contributed by atoms with Gasteiger partial charge in [0.1, 0.15) is 5.01 Å². The van der Waals surface area contributed by atoms with Crippen molar-refractivity contribution < 1.29 is 4.79 Å². The van der Waals surface area contributed by atoms with Crippen LogP contribution in [0.25, 0.3) is 10.2 Å². The zero-order valence-corrected chi connectivity index (χ0v) is 14.8. The first-order chi connectivity index (χ1) is 11.1. The number of hydrogen-bond donors (Lipinski definition) is 0. The lowest BCUT2D eigenvalue weighted by atomic mass is 10.2. The number of para-hydroxylation sites is 1. The van der Waals surface area contributed by atoms with E-state index in [4.69, 9.17) is 0 Å². The molecular weight excluding hydrogens is 324 g/mol. The molecule has 0 saturated heterocycles. The molecule has 2 heterocycles. The Hall–Kier alpha value is -1.72. The minimum Gasteiger partial charge on any atom is -0.332 e. The number of rotatable bonds is 3. The van der Waals surface area contributed by atoms with Crippen molar-refractivity contribution in [2.24, 2.45) is 0 Å². The molecule has 3 nitrogen and oxygen atoms in total. The number of benzene rings is 1. The number of fused-ring (bicyclic) bond motifs is 2. The van der Waals surface area contributed by atoms with Gasteiger partial charge < -0.3 is 4.90 Å². The minimum atomic E-state index is -0.0168. The van der Waals surface area contributed by atoms with Crippen molar-refractivity contribution >= 4 is 38.8 Å². The summed E-state index contributed by atoms with van der Waals surface area (Å²) in [6.45, 7) is 2.05. The second kappa shape index (κ2) is 5.73. The third kappa shape index (κ3) is 2.58. The van der Waals surface area contributed by atoms with Crippen LogP contribution in [0, 0.1) is 0 Å². The number of thiophene rings is 1. The molecule has 0 unspecified atom stereocenters. The smallest absolute Gasteiger partial charge is 0.264 e. The Kier molecular flexibility index (Phi) is 3.70. The second-order valence-corrected chi connectivity index (χ2v) is 8.22. The van der Waals surface area contributed by atoms with Gasteiger partial charge in [0.05, 0.1) is 21.1 Å². The van der Waals surface area contributed by atoms with Gasteiger partial charge in [-0.15, -0.1) is 22.7 Å². The van der Waals surface area contributed by atoms with Gasteiger partial charge in [-0.1, -0.05) is 12.1 Å². The Morgan fingerprint density at radius 2 is 2.09 bits per heavy atom. The third-order valence-corrected chi connectivity index (χ3v) is 6.96. The zero-order valence-electron chi connectivity index (χ0n) is 13.2. The topological polar surface area (TPSA) is 33.2 Å². The summed E-state index contributed by atoms with van der Waals surface area (Å²) < 4.78 is 1.17. The van der Waals surface area contributed by atoms with Crippen LogP contribution in [0.15, 0.2) is 30.3 Å². The fourth-order valence-corrected chi connectivity index (χ4v) is 5.32. The van der Waals surface area contributed by atoms with Crippen LogP contribution in [0.2, 0.25) is 0 Å². The molecule has 0 fully saturated rings. The lowest BCUT2D eigenvalue weighted by Gasteiger charge is -2.22. The summed E-state index contributed by atoms with van der Waals surface area (Å²) in [5.41, 5.74) is 2.38. The molecule has 1 aromatic carbocycles. The van der Waals surface area contributed by atoms with Gasteiger partial charge in [-0.25, -0.2) is 4.98 Å². The highest BCUT2D eigenvalue weighted by molar-refractivity contribution is 7.18. The highest BCUT2D eigenvalue weighted by atomic mass is 32.1. The Bertz CT molecular complexity index is 826. The average molecular weight is 342 g/mol. The maximum Gasteiger partial charge on any atom is 0.264 e. The Labute approximate surface area is 143 Å². The number of nitrogens with zero attached hydrogens (tertiary/aromatic N) is 2. The fourth-order valence-electron chi connectivity index (χ4n) is 3.02. The summed E-state index contributed by atoms with van der Waals surface area (Å²) in [5, 5.41) is 0.992. The van der Waals surface area contributed by atoms with Gasteiger partial charge in [0.25, 0.3) is 5.91 Å². The van der Waals surface area contributed by atoms with E-state index in [1.165, 1.54) is 21.6 Å². The van der Waals surface area contributed by atoms with E-state index < -0.39 is 0 Å². The third-order valence-electron chi connectivity index (χ3n) is 4.53. The van der Waals surface area contributed by atoms with Crippen molar-refractivity contribution in [2.75, 3.05) is 7.05 Å². The number of aryl methyl sites for hydroxylation is 2. The van der Waals surface area contributed by atoms with Gasteiger partial charge in [-0.05, 0) is 49.9 Å². The molecule has 1 atom stereocenters. The molecule has 0 aliphatic heterocycles. The quantitative estimate of drug-likeness (QED) is 0.692. The van der Waals surface area contributed by atoms with Crippen LogP contribution in [0.1, 0.15) is 44.5 Å². The van der Waals surface area contributed by atoms with E-state index in [0.717, 1.165) is 28.2 Å². The lowest BCUT2D eigenvalue weighted by Crippen LogP contribution is -2.29. The minimum absolute atomic E-state index is 0.0168. The summed E-state index contributed by atoms with van der Waals surface area (Å²) in [4.78, 5) is 21.6. The summed E-state index contributed by atoms with van der Waals surface area (Å²) >= 11 is 3.34. The molecule has 0 saturated carbocycles. The number of carbonyl (C=O) groups is 1. The molecule has 4 rings (SSSR count). The predicted molar refractivity (Wildman–Crippen MR) is 96.5 cm³/mol. The number of amides is 1. The first kappa shape index (κ1) is 14.8. The molecule has 5 heteroatoms. The van der Waals surface area contributed by atoms with Crippen LogP contribution in [0.3, 0.4) is 0 Å². The number of hydrogen-bond acceptors (Lipinski definition) is 4. The monoisotopic (exact) mass is 342 g/mol. The van der Waals surface area contributed by atoms with E-state index in [2.05, 4.69) is 24.0 Å². The molecule has 23 heavy (non-hydrogen) atoms. The Morgan fingerprint density at radius 1 is 1.26 bits per heavy atom. The number of aromatic nitrogens is 1. The highest BCUT2D eigenvalue weighted by Crippen LogP contribution is 2.33. The number of carbonyl (C=O) groups excluding carboxylic acids is 1. The van der Waals surface area contributed by atoms with E-state index in [1.54, 1.807) is 22.7 Å². The van der Waals surface area contributed by atoms with Crippen LogP contribution in [-0.2, 0) is 12.8 Å². The Balaban J connectivity index is 1.59. The first-order valence-corrected chi connectivity index (χ1v) is 9.51. The van der Waals surface area contributed by atoms with E-state index >= 15 is 0 Å². The van der Waals surface area contributed by atoms with Crippen LogP contribution in [0.4, 0.5) is 0 Å². The van der Waals surface area contributed by atoms with Crippen LogP contribution in [-0.4, -0.2) is 22.8 Å². The normalized spacial score (nSPS) is 14.9. The molecule has 1 aliphatic carbocycles. The zero-order chi connectivity index (χ0) is 16.0. The van der Waals surface area contributed by atoms with Gasteiger partial charge >= 0.3 is 0 Å². The van der Waals surface area contributed by atoms with E-state index in [1.807, 2.05) is 30.1 Å². The Morgan fingerprint density at radius 3 is 2.87 bits per heavy atom. The molecule has 118 valence electrons. The van der Waals surface area contributed by atoms with Crippen LogP contribution in [0.5, 0.6) is 0 Å². The highest BCUT2D eigenvalue weighted by Gasteiger charge is 2.25. The SMILES string of the molecule is C[C@H](c1nc2ccccc2s1)N(C)C(=O)c1cc2c(s1)CCC2. The summed E-state index contributed by atoms with van der Waals surface area (Å²) in [6, 6.07) is 10.2. The molecule has 1 aliphatic rings. The molecular formula is C18H18N2OS2. The van der Waals surface area contributed by atoms with Crippen LogP contribution < -0.4 is 0 Å². The van der Waals surface area contributed by atoms with Gasteiger partial charge in [-0.2, -0.15) is 0 Å². The van der Waals surface area contributed by atoms with Gasteiger partial charge in [0.15, 0.2) is 0 Å². The van der Waals surface area contributed by atoms with Crippen molar-refractivity contribution in [3.8, 4) is 0 Å². The molecule has 0 spiro atoms. The van der Waals surface area contributed by atoms with Crippen molar-refractivity contribution in [1.82, 2.24) is 9.88 Å². The molecule has 3 aromatic rings. The fraction of sp³-hybridized carbons (Fsp3) is 0.333. The van der Waals surface area contributed by atoms with Gasteiger partial charge in [0, 0.05) is 11.9 Å². The summed E-state index contributed by atoms with van der Waals surface area (Å²) in [7, 11) is 1.88. The molecule has 0 bridgehead atoms. The van der Waals surface area contributed by atoms with E-state index in [0.29, 0.717) is 0 Å². The van der Waals surface area contributed by atoms with Crippen molar-refractivity contribution in [3.05, 3.63) is 50.7 Å². The molecule has 0 N–H and O–H groups in total. The van der Waals surface area contributed by atoms with E-state index in [-0.39, 0.29) is 11.9 Å². The second-order valence-electron chi connectivity index (χ2n) is 6.02. The standard InChI is InChI=1S/C18H18N2OS2/c1-11(17-19-13-7-3-4-8-15(13)23-17)20(2)18(21)16-10-12-6-5-9-14(12)22-16/h3-4,7-8,10-11H,5-6,9H2,1-2H3/t11-/m1/s1. The summed E-state index contributed by atoms with van der Waals surface area (Å²) in [6.07, 6.45) is 3.48. The average Bonchev–Trinajstić information content (AvgIpc) is 3.25. The summed E-state index contributed by atoms with van der Waals surface area (Å²) in [5.74, 6) is 0.108.